The van der Waals surface area contributed by atoms with Crippen LogP contribution in [0.25, 0.3) is 0 Å². The number of carbonyl (C=O) groups excluding carboxylic acids is 3. The number of urea groups is 1. The van der Waals surface area contributed by atoms with Crippen molar-refractivity contribution < 1.29 is 19.1 Å². The number of nitrogens with one attached hydrogen (secondary N) is 3. The van der Waals surface area contributed by atoms with Crippen LogP contribution in [0.15, 0.2) is 30.7 Å². The molecule has 3 amide bonds. The van der Waals surface area contributed by atoms with E-state index in [1.54, 1.807) is 30.3 Å². The number of nitrogens with zero attached hydrogens (tertiary/aromatic N) is 5. The highest BCUT2D eigenvalue weighted by molar-refractivity contribution is 6.12. The van der Waals surface area contributed by atoms with Gasteiger partial charge in [0.05, 0.1) is 25.0 Å². The summed E-state index contributed by atoms with van der Waals surface area (Å²) in [5, 5.41) is 8.48. The van der Waals surface area contributed by atoms with Crippen molar-refractivity contribution in [1.29, 1.82) is 0 Å². The molecule has 0 radical (unpaired) electrons. The lowest BCUT2D eigenvalue weighted by Gasteiger charge is -2.38. The van der Waals surface area contributed by atoms with Gasteiger partial charge in [0, 0.05) is 51.1 Å². The molecule has 2 aromatic rings. The molecule has 0 bridgehead atoms. The molecule has 2 aliphatic rings. The van der Waals surface area contributed by atoms with Gasteiger partial charge in [-0.1, -0.05) is 0 Å². The lowest BCUT2D eigenvalue weighted by atomic mass is 10.0. The molecule has 0 spiro atoms. The van der Waals surface area contributed by atoms with E-state index in [1.165, 1.54) is 12.4 Å². The summed E-state index contributed by atoms with van der Waals surface area (Å²) >= 11 is 0. The van der Waals surface area contributed by atoms with E-state index in [2.05, 4.69) is 35.8 Å². The van der Waals surface area contributed by atoms with Gasteiger partial charge in [0.15, 0.2) is 11.6 Å². The summed E-state index contributed by atoms with van der Waals surface area (Å²) in [6.07, 6.45) is 6.64. The Labute approximate surface area is 203 Å². The van der Waals surface area contributed by atoms with Crippen LogP contribution in [0.1, 0.15) is 26.2 Å². The molecule has 12 nitrogen and oxygen atoms in total. The highest BCUT2D eigenvalue weighted by Gasteiger charge is 2.31. The van der Waals surface area contributed by atoms with Crippen molar-refractivity contribution >= 4 is 35.0 Å². The van der Waals surface area contributed by atoms with Crippen molar-refractivity contribution in [3.8, 4) is 5.88 Å². The summed E-state index contributed by atoms with van der Waals surface area (Å²) in [5.74, 6) is 0.977. The van der Waals surface area contributed by atoms with Crippen LogP contribution in [0.3, 0.4) is 0 Å². The monoisotopic (exact) mass is 482 g/mol. The average molecular weight is 483 g/mol. The first-order valence-corrected chi connectivity index (χ1v) is 11.7. The van der Waals surface area contributed by atoms with Crippen molar-refractivity contribution in [2.75, 3.05) is 48.8 Å². The number of ether oxygens (including phenoxy) is 1. The molecule has 2 atom stereocenters. The standard InChI is InChI=1S/C23H30N8O4/c1-3-35-20-13-26-18(12-27-20)29-23(34)30(2)16-5-4-10-31(14-16)19-11-15(6-8-24-19)28-22(33)21-17(32)7-9-25-21/h6,8,11-13,16,21,25H,3-5,7,9-10,14H2,1-2H3,(H,24,28,33)(H,26,29,34)/t16-,21+/m1/s1. The predicted octanol–water partition coefficient (Wildman–Crippen LogP) is 1.27. The summed E-state index contributed by atoms with van der Waals surface area (Å²) in [7, 11) is 1.75. The fraction of sp³-hybridized carbons (Fsp3) is 0.478. The van der Waals surface area contributed by atoms with Crippen molar-refractivity contribution in [2.24, 2.45) is 0 Å². The molecule has 4 heterocycles. The summed E-state index contributed by atoms with van der Waals surface area (Å²) in [5.41, 5.74) is 0.573. The molecule has 0 aromatic carbocycles. The zero-order valence-electron chi connectivity index (χ0n) is 19.9. The lowest BCUT2D eigenvalue weighted by molar-refractivity contribution is -0.126. The maximum Gasteiger partial charge on any atom is 0.323 e. The lowest BCUT2D eigenvalue weighted by Crippen LogP contribution is -2.50. The molecule has 2 saturated heterocycles. The first kappa shape index (κ1) is 24.3. The molecule has 35 heavy (non-hydrogen) atoms. The van der Waals surface area contributed by atoms with Crippen molar-refractivity contribution in [3.63, 3.8) is 0 Å². The quantitative estimate of drug-likeness (QED) is 0.497. The van der Waals surface area contributed by atoms with E-state index in [1.807, 2.05) is 6.92 Å². The number of Topliss-reactive ketones (excluding diaryl/α,β-unsaturated/α-hetero) is 1. The molecule has 2 fully saturated rings. The number of hydrogen-bond donors (Lipinski definition) is 3. The van der Waals surface area contributed by atoms with Gasteiger partial charge in [-0.3, -0.25) is 20.2 Å². The van der Waals surface area contributed by atoms with E-state index in [9.17, 15) is 14.4 Å². The van der Waals surface area contributed by atoms with Crippen molar-refractivity contribution in [1.82, 2.24) is 25.2 Å². The maximum absolute atomic E-state index is 12.8. The van der Waals surface area contributed by atoms with Gasteiger partial charge in [-0.2, -0.15) is 0 Å². The van der Waals surface area contributed by atoms with E-state index in [4.69, 9.17) is 4.74 Å². The fourth-order valence-corrected chi connectivity index (χ4v) is 4.17. The summed E-state index contributed by atoms with van der Waals surface area (Å²) in [6.45, 7) is 4.23. The van der Waals surface area contributed by atoms with E-state index < -0.39 is 6.04 Å². The Balaban J connectivity index is 1.35. The number of piperidine rings is 1. The molecule has 0 unspecified atom stereocenters. The van der Waals surface area contributed by atoms with Gasteiger partial charge in [-0.05, 0) is 25.8 Å². The summed E-state index contributed by atoms with van der Waals surface area (Å²) in [6, 6.07) is 2.35. The fourth-order valence-electron chi connectivity index (χ4n) is 4.17. The Morgan fingerprint density at radius 2 is 2.11 bits per heavy atom. The Hall–Kier alpha value is -3.80. The van der Waals surface area contributed by atoms with Crippen molar-refractivity contribution in [2.45, 2.75) is 38.3 Å². The minimum atomic E-state index is -0.807. The van der Waals surface area contributed by atoms with Crippen LogP contribution in [0.4, 0.5) is 22.1 Å². The zero-order valence-corrected chi connectivity index (χ0v) is 19.9. The molecule has 186 valence electrons. The second-order valence-electron chi connectivity index (χ2n) is 8.45. The zero-order chi connectivity index (χ0) is 24.8. The number of ketones is 1. The Bertz CT molecular complexity index is 1060. The van der Waals surface area contributed by atoms with Gasteiger partial charge < -0.3 is 19.9 Å². The molecule has 0 aliphatic carbocycles. The van der Waals surface area contributed by atoms with Crippen LogP contribution in [-0.4, -0.2) is 82.9 Å². The Morgan fingerprint density at radius 3 is 2.83 bits per heavy atom. The number of likely N-dealkylation sites (N-methyl/N-ethyl adjacent to an activating group) is 1. The van der Waals surface area contributed by atoms with Gasteiger partial charge in [-0.25, -0.2) is 19.7 Å². The molecule has 2 aliphatic heterocycles. The molecule has 2 aromatic heterocycles. The highest BCUT2D eigenvalue weighted by Crippen LogP contribution is 2.23. The number of pyridine rings is 1. The topological polar surface area (TPSA) is 142 Å². The smallest absolute Gasteiger partial charge is 0.323 e. The first-order chi connectivity index (χ1) is 16.9. The molecule has 0 saturated carbocycles. The number of carbonyl (C=O) groups is 3. The van der Waals surface area contributed by atoms with Gasteiger partial charge in [0.1, 0.15) is 11.9 Å². The van der Waals surface area contributed by atoms with Crippen LogP contribution < -0.4 is 25.6 Å². The average Bonchev–Trinajstić information content (AvgIpc) is 3.31. The van der Waals surface area contributed by atoms with Gasteiger partial charge in [-0.15, -0.1) is 0 Å². The molecule has 3 N–H and O–H groups in total. The summed E-state index contributed by atoms with van der Waals surface area (Å²) in [4.78, 5) is 53.6. The maximum atomic E-state index is 12.8. The van der Waals surface area contributed by atoms with Crippen LogP contribution >= 0.6 is 0 Å². The largest absolute Gasteiger partial charge is 0.477 e. The van der Waals surface area contributed by atoms with E-state index in [0.29, 0.717) is 49.3 Å². The Morgan fingerprint density at radius 1 is 1.26 bits per heavy atom. The van der Waals surface area contributed by atoms with Crippen LogP contribution in [0.2, 0.25) is 0 Å². The van der Waals surface area contributed by atoms with Crippen LogP contribution in [0, 0.1) is 0 Å². The third-order valence-corrected chi connectivity index (χ3v) is 6.06. The number of anilines is 3. The predicted molar refractivity (Wildman–Crippen MR) is 129 cm³/mol. The molecular weight excluding hydrogens is 452 g/mol. The van der Waals surface area contributed by atoms with Gasteiger partial charge in [0.25, 0.3) is 0 Å². The number of amides is 3. The number of rotatable bonds is 7. The second kappa shape index (κ2) is 11.1. The van der Waals surface area contributed by atoms with Gasteiger partial charge >= 0.3 is 6.03 Å². The van der Waals surface area contributed by atoms with Crippen LogP contribution in [0.5, 0.6) is 5.88 Å². The SMILES string of the molecule is CCOc1cnc(NC(=O)N(C)[C@@H]2CCCN(c3cc(NC(=O)[C@H]4NCCC4=O)ccn3)C2)cn1. The van der Waals surface area contributed by atoms with Crippen LogP contribution in [-0.2, 0) is 9.59 Å². The minimum Gasteiger partial charge on any atom is -0.477 e. The van der Waals surface area contributed by atoms with Crippen molar-refractivity contribution in [3.05, 3.63) is 30.7 Å². The summed E-state index contributed by atoms with van der Waals surface area (Å²) < 4.78 is 5.27. The first-order valence-electron chi connectivity index (χ1n) is 11.7. The highest BCUT2D eigenvalue weighted by atomic mass is 16.5. The van der Waals surface area contributed by atoms with E-state index in [-0.39, 0.29) is 23.8 Å². The third kappa shape index (κ3) is 6.01. The number of hydrogen-bond acceptors (Lipinski definition) is 9. The van der Waals surface area contributed by atoms with E-state index in [0.717, 1.165) is 19.4 Å². The molecule has 4 rings (SSSR count). The second-order valence-corrected chi connectivity index (χ2v) is 8.45. The molecule has 12 heteroatoms. The molecular formula is C23H30N8O4. The minimum absolute atomic E-state index is 0.0419. The van der Waals surface area contributed by atoms with Gasteiger partial charge in [0.2, 0.25) is 11.8 Å². The third-order valence-electron chi connectivity index (χ3n) is 6.06. The normalized spacial score (nSPS) is 19.8. The Kier molecular flexibility index (Phi) is 7.70. The van der Waals surface area contributed by atoms with E-state index >= 15 is 0 Å². The number of aromatic nitrogens is 3.